The van der Waals surface area contributed by atoms with Crippen molar-refractivity contribution in [1.29, 1.82) is 0 Å². The summed E-state index contributed by atoms with van der Waals surface area (Å²) in [5, 5.41) is 0. The number of rotatable bonds is 1. The molecule has 1 aliphatic rings. The van der Waals surface area contributed by atoms with Gasteiger partial charge in [0.15, 0.2) is 11.6 Å². The predicted molar refractivity (Wildman–Crippen MR) is 66.8 cm³/mol. The van der Waals surface area contributed by atoms with Crippen LogP contribution in [0.4, 0.5) is 22.0 Å². The van der Waals surface area contributed by atoms with Crippen LogP contribution in [0, 0.1) is 17.6 Å². The van der Waals surface area contributed by atoms with Crippen LogP contribution in [0.2, 0.25) is 0 Å². The van der Waals surface area contributed by atoms with Crippen molar-refractivity contribution in [3.63, 3.8) is 0 Å². The van der Waals surface area contributed by atoms with Crippen molar-refractivity contribution in [3.05, 3.63) is 29.6 Å². The third-order valence-electron chi connectivity index (χ3n) is 4.07. The number of aromatic amines is 1. The molecule has 1 heterocycles. The quantitative estimate of drug-likeness (QED) is 0.762. The van der Waals surface area contributed by atoms with Crippen molar-refractivity contribution < 1.29 is 22.0 Å². The second-order valence-corrected chi connectivity index (χ2v) is 5.51. The topological polar surface area (TPSA) is 28.7 Å². The minimum atomic E-state index is -4.21. The maximum atomic E-state index is 13.1. The van der Waals surface area contributed by atoms with Crippen molar-refractivity contribution in [2.45, 2.75) is 37.8 Å². The molecule has 2 atom stereocenters. The number of benzene rings is 1. The van der Waals surface area contributed by atoms with Gasteiger partial charge in [0.05, 0.1) is 17.0 Å². The largest absolute Gasteiger partial charge is 0.391 e. The average molecular weight is 304 g/mol. The summed E-state index contributed by atoms with van der Waals surface area (Å²) in [5.41, 5.74) is 0.538. The SMILES string of the molecule is Fc1cc2nc(C3CCCC(C(F)(F)F)C3)[nH]c2cc1F. The number of nitrogens with one attached hydrogen (secondary N) is 1. The monoisotopic (exact) mass is 304 g/mol. The van der Waals surface area contributed by atoms with E-state index >= 15 is 0 Å². The number of imidazole rings is 1. The number of nitrogens with zero attached hydrogens (tertiary/aromatic N) is 1. The Balaban J connectivity index is 1.89. The number of fused-ring (bicyclic) bond motifs is 1. The summed E-state index contributed by atoms with van der Waals surface area (Å²) in [4.78, 5) is 6.95. The summed E-state index contributed by atoms with van der Waals surface area (Å²) in [5.74, 6) is -3.34. The molecule has 1 aromatic carbocycles. The molecule has 3 rings (SSSR count). The van der Waals surface area contributed by atoms with Crippen LogP contribution >= 0.6 is 0 Å². The van der Waals surface area contributed by atoms with E-state index in [2.05, 4.69) is 9.97 Å². The van der Waals surface area contributed by atoms with Gasteiger partial charge in [-0.2, -0.15) is 13.2 Å². The molecule has 1 aliphatic carbocycles. The van der Waals surface area contributed by atoms with E-state index in [-0.39, 0.29) is 24.3 Å². The first kappa shape index (κ1) is 14.3. The van der Waals surface area contributed by atoms with E-state index in [1.54, 1.807) is 0 Å². The zero-order valence-corrected chi connectivity index (χ0v) is 11.0. The maximum absolute atomic E-state index is 13.1. The van der Waals surface area contributed by atoms with Gasteiger partial charge in [-0.1, -0.05) is 6.42 Å². The highest BCUT2D eigenvalue weighted by Gasteiger charge is 2.42. The van der Waals surface area contributed by atoms with Gasteiger partial charge in [-0.15, -0.1) is 0 Å². The molecule has 1 fully saturated rings. The van der Waals surface area contributed by atoms with E-state index < -0.39 is 23.7 Å². The lowest BCUT2D eigenvalue weighted by Crippen LogP contribution is -2.28. The van der Waals surface area contributed by atoms with E-state index in [0.717, 1.165) is 12.1 Å². The normalized spacial score (nSPS) is 23.7. The molecule has 0 bridgehead atoms. The standard InChI is InChI=1S/C14H13F5N2/c15-9-5-11-12(6-10(9)16)21-13(20-11)7-2-1-3-8(4-7)14(17,18)19/h5-8H,1-4H2,(H,20,21). The number of aromatic nitrogens is 2. The fraction of sp³-hybridized carbons (Fsp3) is 0.500. The van der Waals surface area contributed by atoms with Crippen molar-refractivity contribution in [2.75, 3.05) is 0 Å². The molecule has 21 heavy (non-hydrogen) atoms. The molecule has 1 N–H and O–H groups in total. The van der Waals surface area contributed by atoms with Gasteiger partial charge < -0.3 is 4.98 Å². The molecule has 1 saturated carbocycles. The molecule has 0 aliphatic heterocycles. The van der Waals surface area contributed by atoms with Crippen molar-refractivity contribution in [3.8, 4) is 0 Å². The van der Waals surface area contributed by atoms with Crippen molar-refractivity contribution in [1.82, 2.24) is 9.97 Å². The minimum absolute atomic E-state index is 0.0334. The second kappa shape index (κ2) is 4.96. The molecular formula is C14H13F5N2. The molecule has 1 aromatic heterocycles. The van der Waals surface area contributed by atoms with Crippen LogP contribution in [0.25, 0.3) is 11.0 Å². The van der Waals surface area contributed by atoms with E-state index in [0.29, 0.717) is 24.2 Å². The van der Waals surface area contributed by atoms with Crippen LogP contribution in [0.5, 0.6) is 0 Å². The molecule has 0 spiro atoms. The summed E-state index contributed by atoms with van der Waals surface area (Å²) in [6.45, 7) is 0. The Morgan fingerprint density at radius 2 is 1.81 bits per heavy atom. The lowest BCUT2D eigenvalue weighted by molar-refractivity contribution is -0.183. The van der Waals surface area contributed by atoms with Crippen LogP contribution in [0.15, 0.2) is 12.1 Å². The third kappa shape index (κ3) is 2.73. The van der Waals surface area contributed by atoms with Crippen LogP contribution < -0.4 is 0 Å². The molecule has 114 valence electrons. The Kier molecular flexibility index (Phi) is 3.37. The lowest BCUT2D eigenvalue weighted by Gasteiger charge is -2.29. The van der Waals surface area contributed by atoms with Crippen molar-refractivity contribution >= 4 is 11.0 Å². The third-order valence-corrected chi connectivity index (χ3v) is 4.07. The Labute approximate surface area is 117 Å². The fourth-order valence-corrected chi connectivity index (χ4v) is 2.95. The van der Waals surface area contributed by atoms with Gasteiger partial charge in [0.2, 0.25) is 0 Å². The molecule has 7 heteroatoms. The predicted octanol–water partition coefficient (Wildman–Crippen LogP) is 4.68. The molecule has 2 unspecified atom stereocenters. The molecule has 0 radical (unpaired) electrons. The van der Waals surface area contributed by atoms with Gasteiger partial charge in [-0.3, -0.25) is 0 Å². The second-order valence-electron chi connectivity index (χ2n) is 5.51. The zero-order chi connectivity index (χ0) is 15.2. The van der Waals surface area contributed by atoms with Gasteiger partial charge in [-0.25, -0.2) is 13.8 Å². The van der Waals surface area contributed by atoms with Crippen LogP contribution in [-0.4, -0.2) is 16.1 Å². The van der Waals surface area contributed by atoms with E-state index in [1.807, 2.05) is 0 Å². The summed E-state index contributed by atoms with van der Waals surface area (Å²) in [6, 6.07) is 1.93. The zero-order valence-electron chi connectivity index (χ0n) is 11.0. The summed E-state index contributed by atoms with van der Waals surface area (Å²) in [6.07, 6.45) is -3.05. The summed E-state index contributed by atoms with van der Waals surface area (Å²) in [7, 11) is 0. The average Bonchev–Trinajstić information content (AvgIpc) is 2.81. The minimum Gasteiger partial charge on any atom is -0.342 e. The van der Waals surface area contributed by atoms with Gasteiger partial charge in [-0.05, 0) is 19.3 Å². The molecule has 0 saturated heterocycles. The van der Waals surface area contributed by atoms with Crippen molar-refractivity contribution in [2.24, 2.45) is 5.92 Å². The van der Waals surface area contributed by atoms with Gasteiger partial charge in [0, 0.05) is 18.1 Å². The molecule has 0 amide bonds. The van der Waals surface area contributed by atoms with E-state index in [1.165, 1.54) is 0 Å². The Bertz CT molecular complexity index is 622. The Morgan fingerprint density at radius 1 is 1.10 bits per heavy atom. The first-order valence-electron chi connectivity index (χ1n) is 6.76. The first-order valence-corrected chi connectivity index (χ1v) is 6.76. The number of hydrogen-bond donors (Lipinski definition) is 1. The van der Waals surface area contributed by atoms with Gasteiger partial charge >= 0.3 is 6.18 Å². The lowest BCUT2D eigenvalue weighted by atomic mass is 9.80. The number of hydrogen-bond acceptors (Lipinski definition) is 1. The van der Waals surface area contributed by atoms with E-state index in [9.17, 15) is 22.0 Å². The Hall–Kier alpha value is -1.66. The molecular weight excluding hydrogens is 291 g/mol. The smallest absolute Gasteiger partial charge is 0.342 e. The highest BCUT2D eigenvalue weighted by Crippen LogP contribution is 2.43. The summed E-state index contributed by atoms with van der Waals surface area (Å²) < 4.78 is 64.7. The summed E-state index contributed by atoms with van der Waals surface area (Å²) >= 11 is 0. The first-order chi connectivity index (χ1) is 9.84. The highest BCUT2D eigenvalue weighted by molar-refractivity contribution is 5.75. The highest BCUT2D eigenvalue weighted by atomic mass is 19.4. The Morgan fingerprint density at radius 3 is 2.52 bits per heavy atom. The van der Waals surface area contributed by atoms with Gasteiger partial charge in [0.1, 0.15) is 5.82 Å². The van der Waals surface area contributed by atoms with Gasteiger partial charge in [0.25, 0.3) is 0 Å². The molecule has 2 aromatic rings. The number of alkyl halides is 3. The number of halogens is 5. The fourth-order valence-electron chi connectivity index (χ4n) is 2.95. The van der Waals surface area contributed by atoms with Crippen LogP contribution in [0.3, 0.4) is 0 Å². The number of H-pyrrole nitrogens is 1. The maximum Gasteiger partial charge on any atom is 0.391 e. The van der Waals surface area contributed by atoms with Crippen LogP contribution in [0.1, 0.15) is 37.4 Å². The van der Waals surface area contributed by atoms with Crippen LogP contribution in [-0.2, 0) is 0 Å². The van der Waals surface area contributed by atoms with E-state index in [4.69, 9.17) is 0 Å². The molecule has 2 nitrogen and oxygen atoms in total.